The average Bonchev–Trinajstić information content (AvgIpc) is 3.35. The summed E-state index contributed by atoms with van der Waals surface area (Å²) in [6.07, 6.45) is 1.48. The fourth-order valence-corrected chi connectivity index (χ4v) is 4.05. The highest BCUT2D eigenvalue weighted by Gasteiger charge is 2.39. The SMILES string of the molecule is COc1ccc(S(=O)(=O)N(CC(=O)Nc2cc(C)on2)C2CC2)cc1. The third-order valence-electron chi connectivity index (χ3n) is 3.82. The quantitative estimate of drug-likeness (QED) is 0.802. The lowest BCUT2D eigenvalue weighted by Crippen LogP contribution is -2.39. The molecule has 2 aromatic rings. The van der Waals surface area contributed by atoms with Gasteiger partial charge in [-0.25, -0.2) is 8.42 Å². The number of nitrogens with zero attached hydrogens (tertiary/aromatic N) is 2. The molecule has 1 aromatic heterocycles. The van der Waals surface area contributed by atoms with Gasteiger partial charge in [0, 0.05) is 12.1 Å². The predicted molar refractivity (Wildman–Crippen MR) is 89.8 cm³/mol. The van der Waals surface area contributed by atoms with E-state index in [-0.39, 0.29) is 23.3 Å². The summed E-state index contributed by atoms with van der Waals surface area (Å²) in [6.45, 7) is 1.43. The molecule has 1 heterocycles. The van der Waals surface area contributed by atoms with Gasteiger partial charge in [0.25, 0.3) is 0 Å². The van der Waals surface area contributed by atoms with Crippen molar-refractivity contribution in [1.82, 2.24) is 9.46 Å². The molecule has 1 N–H and O–H groups in total. The lowest BCUT2D eigenvalue weighted by Gasteiger charge is -2.21. The molecule has 0 bridgehead atoms. The molecule has 8 nitrogen and oxygen atoms in total. The van der Waals surface area contributed by atoms with Gasteiger partial charge in [-0.05, 0) is 44.0 Å². The van der Waals surface area contributed by atoms with Crippen LogP contribution in [0.3, 0.4) is 0 Å². The molecule has 9 heteroatoms. The van der Waals surface area contributed by atoms with Gasteiger partial charge in [-0.15, -0.1) is 0 Å². The van der Waals surface area contributed by atoms with Crippen LogP contribution in [-0.4, -0.2) is 43.5 Å². The number of aromatic nitrogens is 1. The first kappa shape index (κ1) is 17.4. The zero-order valence-electron chi connectivity index (χ0n) is 13.9. The first-order valence-corrected chi connectivity index (χ1v) is 9.23. The number of hydrogen-bond acceptors (Lipinski definition) is 6. The highest BCUT2D eigenvalue weighted by Crippen LogP contribution is 2.32. The van der Waals surface area contributed by atoms with Crippen molar-refractivity contribution in [3.8, 4) is 5.75 Å². The molecule has 0 unspecified atom stereocenters. The second-order valence-electron chi connectivity index (χ2n) is 5.83. The minimum atomic E-state index is -3.77. The number of carbonyl (C=O) groups excluding carboxylic acids is 1. The maximum atomic E-state index is 12.9. The number of anilines is 1. The highest BCUT2D eigenvalue weighted by molar-refractivity contribution is 7.89. The van der Waals surface area contributed by atoms with Crippen molar-refractivity contribution in [1.29, 1.82) is 0 Å². The van der Waals surface area contributed by atoms with Crippen LogP contribution in [0.25, 0.3) is 0 Å². The molecule has 1 saturated carbocycles. The second-order valence-corrected chi connectivity index (χ2v) is 7.72. The lowest BCUT2D eigenvalue weighted by atomic mass is 10.3. The Balaban J connectivity index is 1.76. The third-order valence-corrected chi connectivity index (χ3v) is 5.73. The minimum absolute atomic E-state index is 0.130. The van der Waals surface area contributed by atoms with Gasteiger partial charge >= 0.3 is 0 Å². The smallest absolute Gasteiger partial charge is 0.243 e. The van der Waals surface area contributed by atoms with Crippen molar-refractivity contribution in [3.63, 3.8) is 0 Å². The van der Waals surface area contributed by atoms with Crippen LogP contribution in [0.1, 0.15) is 18.6 Å². The van der Waals surface area contributed by atoms with E-state index in [4.69, 9.17) is 9.26 Å². The van der Waals surface area contributed by atoms with Crippen LogP contribution in [0.4, 0.5) is 5.82 Å². The van der Waals surface area contributed by atoms with Gasteiger partial charge in [0.05, 0.1) is 18.6 Å². The first-order valence-electron chi connectivity index (χ1n) is 7.79. The number of carbonyl (C=O) groups is 1. The Morgan fingerprint density at radius 3 is 2.56 bits per heavy atom. The molecular weight excluding hydrogens is 346 g/mol. The molecule has 1 aliphatic rings. The Bertz CT molecular complexity index is 856. The largest absolute Gasteiger partial charge is 0.497 e. The van der Waals surface area contributed by atoms with E-state index in [1.54, 1.807) is 25.1 Å². The van der Waals surface area contributed by atoms with Gasteiger partial charge in [0.15, 0.2) is 5.82 Å². The molecule has 134 valence electrons. The number of rotatable bonds is 7. The number of ether oxygens (including phenoxy) is 1. The fourth-order valence-electron chi connectivity index (χ4n) is 2.41. The van der Waals surface area contributed by atoms with E-state index < -0.39 is 15.9 Å². The molecule has 0 atom stereocenters. The zero-order valence-corrected chi connectivity index (χ0v) is 14.7. The molecular formula is C16H19N3O5S. The van der Waals surface area contributed by atoms with Crippen molar-refractivity contribution in [3.05, 3.63) is 36.1 Å². The molecule has 1 fully saturated rings. The monoisotopic (exact) mass is 365 g/mol. The van der Waals surface area contributed by atoms with E-state index in [2.05, 4.69) is 10.5 Å². The van der Waals surface area contributed by atoms with E-state index in [9.17, 15) is 13.2 Å². The number of methoxy groups -OCH3 is 1. The predicted octanol–water partition coefficient (Wildman–Crippen LogP) is 1.78. The van der Waals surface area contributed by atoms with E-state index in [0.717, 1.165) is 12.8 Å². The Kier molecular flexibility index (Phi) is 4.78. The molecule has 1 amide bonds. The summed E-state index contributed by atoms with van der Waals surface area (Å²) in [5, 5.41) is 6.22. The second kappa shape index (κ2) is 6.85. The summed E-state index contributed by atoms with van der Waals surface area (Å²) in [5.74, 6) is 0.925. The summed E-state index contributed by atoms with van der Waals surface area (Å²) in [4.78, 5) is 12.4. The number of benzene rings is 1. The molecule has 0 aliphatic heterocycles. The molecule has 25 heavy (non-hydrogen) atoms. The van der Waals surface area contributed by atoms with Gasteiger partial charge in [0.2, 0.25) is 15.9 Å². The van der Waals surface area contributed by atoms with Gasteiger partial charge in [-0.1, -0.05) is 5.16 Å². The maximum absolute atomic E-state index is 12.9. The maximum Gasteiger partial charge on any atom is 0.243 e. The van der Waals surface area contributed by atoms with Crippen molar-refractivity contribution in [2.75, 3.05) is 19.0 Å². The third kappa shape index (κ3) is 3.99. The van der Waals surface area contributed by atoms with Gasteiger partial charge in [-0.2, -0.15) is 4.31 Å². The van der Waals surface area contributed by atoms with E-state index in [0.29, 0.717) is 11.5 Å². The van der Waals surface area contributed by atoms with Crippen LogP contribution in [0, 0.1) is 6.92 Å². The highest BCUT2D eigenvalue weighted by atomic mass is 32.2. The van der Waals surface area contributed by atoms with Crippen LogP contribution in [-0.2, 0) is 14.8 Å². The van der Waals surface area contributed by atoms with Gasteiger partial charge in [0.1, 0.15) is 11.5 Å². The summed E-state index contributed by atoms with van der Waals surface area (Å²) in [7, 11) is -2.26. The average molecular weight is 365 g/mol. The van der Waals surface area contributed by atoms with Crippen LogP contribution in [0.2, 0.25) is 0 Å². The number of nitrogens with one attached hydrogen (secondary N) is 1. The molecule has 1 aliphatic carbocycles. The molecule has 0 radical (unpaired) electrons. The number of hydrogen-bond donors (Lipinski definition) is 1. The van der Waals surface area contributed by atoms with Crippen LogP contribution in [0.15, 0.2) is 39.8 Å². The summed E-state index contributed by atoms with van der Waals surface area (Å²) in [5.41, 5.74) is 0. The van der Waals surface area contributed by atoms with Crippen LogP contribution < -0.4 is 10.1 Å². The normalized spacial score (nSPS) is 14.5. The number of sulfonamides is 1. The Morgan fingerprint density at radius 1 is 1.36 bits per heavy atom. The zero-order chi connectivity index (χ0) is 18.0. The molecule has 3 rings (SSSR count). The van der Waals surface area contributed by atoms with Crippen molar-refractivity contribution < 1.29 is 22.5 Å². The van der Waals surface area contributed by atoms with Gasteiger partial charge < -0.3 is 14.6 Å². The van der Waals surface area contributed by atoms with E-state index >= 15 is 0 Å². The summed E-state index contributed by atoms with van der Waals surface area (Å²) >= 11 is 0. The Morgan fingerprint density at radius 2 is 2.04 bits per heavy atom. The molecule has 0 spiro atoms. The van der Waals surface area contributed by atoms with Crippen molar-refractivity contribution >= 4 is 21.7 Å². The number of aryl methyl sites for hydroxylation is 1. The molecule has 0 saturated heterocycles. The first-order chi connectivity index (χ1) is 11.9. The molecule has 1 aromatic carbocycles. The fraction of sp³-hybridized carbons (Fsp3) is 0.375. The Hall–Kier alpha value is -2.39. The Labute approximate surface area is 145 Å². The van der Waals surface area contributed by atoms with Crippen LogP contribution in [0.5, 0.6) is 5.75 Å². The standard InChI is InChI=1S/C16H19N3O5S/c1-11-9-15(18-24-11)17-16(20)10-19(12-3-4-12)25(21,22)14-7-5-13(23-2)6-8-14/h5-9,12H,3-4,10H2,1-2H3,(H,17,18,20). The summed E-state index contributed by atoms with van der Waals surface area (Å²) < 4.78 is 36.9. The minimum Gasteiger partial charge on any atom is -0.497 e. The van der Waals surface area contributed by atoms with Gasteiger partial charge in [-0.3, -0.25) is 4.79 Å². The van der Waals surface area contributed by atoms with Crippen LogP contribution >= 0.6 is 0 Å². The van der Waals surface area contributed by atoms with Crippen molar-refractivity contribution in [2.45, 2.75) is 30.7 Å². The number of amides is 1. The van der Waals surface area contributed by atoms with E-state index in [1.165, 1.54) is 23.5 Å². The lowest BCUT2D eigenvalue weighted by molar-refractivity contribution is -0.116. The summed E-state index contributed by atoms with van der Waals surface area (Å²) in [6, 6.07) is 7.52. The topological polar surface area (TPSA) is 102 Å². The van der Waals surface area contributed by atoms with Crippen molar-refractivity contribution in [2.24, 2.45) is 0 Å². The van der Waals surface area contributed by atoms with E-state index in [1.807, 2.05) is 0 Å².